The molecule has 118 valence electrons. The number of benzene rings is 1. The molecule has 0 saturated heterocycles. The van der Waals surface area contributed by atoms with Gasteiger partial charge < -0.3 is 15.0 Å². The van der Waals surface area contributed by atoms with E-state index >= 15 is 0 Å². The number of imidazole rings is 1. The van der Waals surface area contributed by atoms with Crippen molar-refractivity contribution in [1.29, 1.82) is 0 Å². The van der Waals surface area contributed by atoms with Crippen molar-refractivity contribution < 1.29 is 4.79 Å². The molecule has 2 amide bonds. The summed E-state index contributed by atoms with van der Waals surface area (Å²) in [6.45, 7) is 2.56. The molecule has 0 spiro atoms. The Morgan fingerprint density at radius 1 is 1.17 bits per heavy atom. The lowest BCUT2D eigenvalue weighted by Gasteiger charge is -2.06. The molecular weight excluding hydrogens is 312 g/mol. The second kappa shape index (κ2) is 6.71. The number of hydrogen-bond donors (Lipinski definition) is 2. The molecule has 1 aromatic carbocycles. The van der Waals surface area contributed by atoms with Crippen LogP contribution in [0.1, 0.15) is 11.3 Å². The molecule has 0 bridgehead atoms. The van der Waals surface area contributed by atoms with E-state index in [0.717, 1.165) is 11.3 Å². The Balaban J connectivity index is 1.51. The maximum atomic E-state index is 11.8. The van der Waals surface area contributed by atoms with Gasteiger partial charge in [0.05, 0.1) is 5.69 Å². The van der Waals surface area contributed by atoms with E-state index < -0.39 is 0 Å². The van der Waals surface area contributed by atoms with Crippen molar-refractivity contribution in [3.05, 3.63) is 65.1 Å². The van der Waals surface area contributed by atoms with Crippen molar-refractivity contribution >= 4 is 29.0 Å². The lowest BCUT2D eigenvalue weighted by atomic mass is 10.3. The number of rotatable bonds is 4. The van der Waals surface area contributed by atoms with E-state index in [0.29, 0.717) is 23.7 Å². The molecule has 5 nitrogen and oxygen atoms in total. The molecule has 0 fully saturated rings. The van der Waals surface area contributed by atoms with Crippen LogP contribution in [0.3, 0.4) is 0 Å². The average molecular weight is 329 g/mol. The molecule has 0 saturated carbocycles. The van der Waals surface area contributed by atoms with Gasteiger partial charge >= 0.3 is 6.03 Å². The number of carbonyl (C=O) groups excluding carboxylic acids is 1. The second-order valence-electron chi connectivity index (χ2n) is 5.34. The van der Waals surface area contributed by atoms with Crippen molar-refractivity contribution in [1.82, 2.24) is 14.7 Å². The summed E-state index contributed by atoms with van der Waals surface area (Å²) >= 11 is 5.81. The first-order valence-corrected chi connectivity index (χ1v) is 7.72. The van der Waals surface area contributed by atoms with Crippen LogP contribution in [0, 0.1) is 6.92 Å². The number of urea groups is 1. The zero-order valence-corrected chi connectivity index (χ0v) is 13.5. The molecule has 2 aromatic heterocycles. The van der Waals surface area contributed by atoms with Crippen LogP contribution in [-0.4, -0.2) is 22.0 Å². The zero-order valence-electron chi connectivity index (χ0n) is 12.7. The monoisotopic (exact) mass is 328 g/mol. The van der Waals surface area contributed by atoms with Gasteiger partial charge in [0.1, 0.15) is 5.65 Å². The van der Waals surface area contributed by atoms with Gasteiger partial charge in [-0.2, -0.15) is 0 Å². The smallest absolute Gasteiger partial charge is 0.319 e. The molecular formula is C17H17ClN4O. The molecule has 3 rings (SSSR count). The number of nitrogens with one attached hydrogen (secondary N) is 2. The van der Waals surface area contributed by atoms with Gasteiger partial charge in [0.15, 0.2) is 0 Å². The fourth-order valence-electron chi connectivity index (χ4n) is 2.29. The summed E-state index contributed by atoms with van der Waals surface area (Å²) in [7, 11) is 0. The molecule has 23 heavy (non-hydrogen) atoms. The summed E-state index contributed by atoms with van der Waals surface area (Å²) in [5.74, 6) is 0. The van der Waals surface area contributed by atoms with Gasteiger partial charge in [0.25, 0.3) is 0 Å². The second-order valence-corrected chi connectivity index (χ2v) is 5.78. The highest BCUT2D eigenvalue weighted by Gasteiger charge is 2.04. The molecule has 0 aliphatic rings. The largest absolute Gasteiger partial charge is 0.337 e. The summed E-state index contributed by atoms with van der Waals surface area (Å²) in [6.07, 6.45) is 4.70. The predicted octanol–water partition coefficient (Wildman–Crippen LogP) is 3.66. The van der Waals surface area contributed by atoms with Gasteiger partial charge in [-0.05, 0) is 42.8 Å². The van der Waals surface area contributed by atoms with Crippen molar-refractivity contribution in [2.24, 2.45) is 0 Å². The lowest BCUT2D eigenvalue weighted by molar-refractivity contribution is 0.252. The molecule has 2 heterocycles. The number of pyridine rings is 1. The van der Waals surface area contributed by atoms with Crippen LogP contribution in [0.2, 0.25) is 5.02 Å². The van der Waals surface area contributed by atoms with Crippen molar-refractivity contribution in [2.45, 2.75) is 13.3 Å². The van der Waals surface area contributed by atoms with E-state index in [1.54, 1.807) is 24.3 Å². The van der Waals surface area contributed by atoms with Crippen LogP contribution >= 0.6 is 11.6 Å². The molecule has 0 atom stereocenters. The number of amides is 2. The Morgan fingerprint density at radius 3 is 2.74 bits per heavy atom. The quantitative estimate of drug-likeness (QED) is 0.768. The van der Waals surface area contributed by atoms with E-state index in [2.05, 4.69) is 15.6 Å². The van der Waals surface area contributed by atoms with Crippen LogP contribution < -0.4 is 10.6 Å². The highest BCUT2D eigenvalue weighted by Crippen LogP contribution is 2.13. The summed E-state index contributed by atoms with van der Waals surface area (Å²) in [6, 6.07) is 10.8. The number of hydrogen-bond acceptors (Lipinski definition) is 2. The maximum absolute atomic E-state index is 11.8. The highest BCUT2D eigenvalue weighted by molar-refractivity contribution is 6.30. The van der Waals surface area contributed by atoms with Crippen LogP contribution in [0.15, 0.2) is 48.8 Å². The fraction of sp³-hybridized carbons (Fsp3) is 0.176. The van der Waals surface area contributed by atoms with Crippen molar-refractivity contribution in [3.63, 3.8) is 0 Å². The van der Waals surface area contributed by atoms with E-state index in [1.807, 2.05) is 35.9 Å². The lowest BCUT2D eigenvalue weighted by Crippen LogP contribution is -2.30. The summed E-state index contributed by atoms with van der Waals surface area (Å²) in [5.41, 5.74) is 3.75. The van der Waals surface area contributed by atoms with E-state index in [4.69, 9.17) is 11.6 Å². The van der Waals surface area contributed by atoms with Gasteiger partial charge in [-0.15, -0.1) is 0 Å². The zero-order chi connectivity index (χ0) is 16.2. The molecule has 0 radical (unpaired) electrons. The van der Waals surface area contributed by atoms with Crippen LogP contribution in [0.25, 0.3) is 5.65 Å². The molecule has 0 aliphatic carbocycles. The minimum atomic E-state index is -0.244. The van der Waals surface area contributed by atoms with Gasteiger partial charge in [-0.25, -0.2) is 9.78 Å². The number of anilines is 1. The first-order chi connectivity index (χ1) is 11.1. The van der Waals surface area contributed by atoms with Crippen LogP contribution in [0.4, 0.5) is 10.5 Å². The number of carbonyl (C=O) groups is 1. The Kier molecular flexibility index (Phi) is 4.48. The van der Waals surface area contributed by atoms with Gasteiger partial charge in [-0.3, -0.25) is 0 Å². The highest BCUT2D eigenvalue weighted by atomic mass is 35.5. The van der Waals surface area contributed by atoms with Crippen molar-refractivity contribution in [3.8, 4) is 0 Å². The normalized spacial score (nSPS) is 10.7. The Bertz CT molecular complexity index is 826. The van der Waals surface area contributed by atoms with E-state index in [1.165, 1.54) is 5.56 Å². The summed E-state index contributed by atoms with van der Waals surface area (Å²) in [5, 5.41) is 6.21. The Hall–Kier alpha value is -2.53. The van der Waals surface area contributed by atoms with Gasteiger partial charge in [0.2, 0.25) is 0 Å². The number of fused-ring (bicyclic) bond motifs is 1. The standard InChI is InChI=1S/C17H17ClN4O/c1-12-2-7-16-20-15(11-22(16)10-12)8-9-19-17(23)21-14-5-3-13(18)4-6-14/h2-7,10-11H,8-9H2,1H3,(H2,19,21,23). The molecule has 0 unspecified atom stereocenters. The minimum absolute atomic E-state index is 0.244. The topological polar surface area (TPSA) is 58.4 Å². The first-order valence-electron chi connectivity index (χ1n) is 7.35. The first kappa shape index (κ1) is 15.4. The molecule has 2 N–H and O–H groups in total. The number of aromatic nitrogens is 2. The number of aryl methyl sites for hydroxylation is 1. The predicted molar refractivity (Wildman–Crippen MR) is 92.1 cm³/mol. The molecule has 0 aliphatic heterocycles. The van der Waals surface area contributed by atoms with Crippen LogP contribution in [0.5, 0.6) is 0 Å². The Labute approximate surface area is 139 Å². The fourth-order valence-corrected chi connectivity index (χ4v) is 2.41. The summed E-state index contributed by atoms with van der Waals surface area (Å²) < 4.78 is 2.00. The number of nitrogens with zero attached hydrogens (tertiary/aromatic N) is 2. The average Bonchev–Trinajstić information content (AvgIpc) is 2.91. The third-order valence-corrected chi connectivity index (χ3v) is 3.67. The van der Waals surface area contributed by atoms with Gasteiger partial charge in [0, 0.05) is 36.1 Å². The minimum Gasteiger partial charge on any atom is -0.337 e. The molecule has 3 aromatic rings. The van der Waals surface area contributed by atoms with Gasteiger partial charge in [-0.1, -0.05) is 17.7 Å². The SMILES string of the molecule is Cc1ccc2nc(CCNC(=O)Nc3ccc(Cl)cc3)cn2c1. The van der Waals surface area contributed by atoms with E-state index in [9.17, 15) is 4.79 Å². The summed E-state index contributed by atoms with van der Waals surface area (Å²) in [4.78, 5) is 16.3. The van der Waals surface area contributed by atoms with E-state index in [-0.39, 0.29) is 6.03 Å². The van der Waals surface area contributed by atoms with Crippen LogP contribution in [-0.2, 0) is 6.42 Å². The third-order valence-electron chi connectivity index (χ3n) is 3.42. The van der Waals surface area contributed by atoms with Crippen molar-refractivity contribution in [2.75, 3.05) is 11.9 Å². The Morgan fingerprint density at radius 2 is 1.96 bits per heavy atom. The molecule has 6 heteroatoms. The third kappa shape index (κ3) is 4.02. The number of halogens is 1. The maximum Gasteiger partial charge on any atom is 0.319 e.